The van der Waals surface area contributed by atoms with Crippen molar-refractivity contribution >= 4 is 27.5 Å². The van der Waals surface area contributed by atoms with Crippen LogP contribution in [0.25, 0.3) is 0 Å². The predicted octanol–water partition coefficient (Wildman–Crippen LogP) is 3.06. The highest BCUT2D eigenvalue weighted by molar-refractivity contribution is 7.89. The maximum atomic E-state index is 12.9. The van der Waals surface area contributed by atoms with Crippen LogP contribution in [0.15, 0.2) is 47.4 Å². The molecule has 1 saturated carbocycles. The number of amides is 2. The van der Waals surface area contributed by atoms with E-state index in [9.17, 15) is 18.0 Å². The van der Waals surface area contributed by atoms with E-state index in [-0.39, 0.29) is 28.9 Å². The molecule has 1 aliphatic carbocycles. The Labute approximate surface area is 188 Å². The first kappa shape index (κ1) is 23.7. The Bertz CT molecular complexity index is 1080. The quantitative estimate of drug-likeness (QED) is 0.629. The molecule has 0 unspecified atom stereocenters. The first-order valence-electron chi connectivity index (χ1n) is 10.6. The number of nitrogens with two attached hydrogens (primary N) is 1. The number of carbonyl (C=O) groups is 2. The Hall–Kier alpha value is -2.91. The van der Waals surface area contributed by atoms with Crippen molar-refractivity contribution in [2.45, 2.75) is 50.0 Å². The normalized spacial score (nSPS) is 14.8. The summed E-state index contributed by atoms with van der Waals surface area (Å²) in [7, 11) is -1.97. The van der Waals surface area contributed by atoms with Gasteiger partial charge in [0.15, 0.2) is 6.61 Å². The molecule has 2 amide bonds. The van der Waals surface area contributed by atoms with E-state index < -0.39 is 21.8 Å². The van der Waals surface area contributed by atoms with Crippen LogP contribution in [0.2, 0.25) is 0 Å². The van der Waals surface area contributed by atoms with Crippen molar-refractivity contribution in [1.82, 2.24) is 4.31 Å². The second kappa shape index (κ2) is 10.1. The minimum absolute atomic E-state index is 0.0252. The van der Waals surface area contributed by atoms with Crippen molar-refractivity contribution in [2.75, 3.05) is 19.0 Å². The Morgan fingerprint density at radius 1 is 1.09 bits per heavy atom. The monoisotopic (exact) mass is 459 g/mol. The van der Waals surface area contributed by atoms with Gasteiger partial charge in [-0.25, -0.2) is 8.42 Å². The van der Waals surface area contributed by atoms with Crippen LogP contribution in [-0.2, 0) is 14.8 Å². The average molecular weight is 460 g/mol. The van der Waals surface area contributed by atoms with Crippen molar-refractivity contribution < 1.29 is 22.7 Å². The molecule has 0 heterocycles. The summed E-state index contributed by atoms with van der Waals surface area (Å²) in [5, 5.41) is 2.66. The van der Waals surface area contributed by atoms with E-state index in [1.807, 2.05) is 6.92 Å². The van der Waals surface area contributed by atoms with Gasteiger partial charge in [-0.1, -0.05) is 25.3 Å². The predicted molar refractivity (Wildman–Crippen MR) is 122 cm³/mol. The van der Waals surface area contributed by atoms with Crippen molar-refractivity contribution in [3.05, 3.63) is 53.6 Å². The number of anilines is 1. The van der Waals surface area contributed by atoms with Crippen LogP contribution in [0, 0.1) is 6.92 Å². The van der Waals surface area contributed by atoms with Gasteiger partial charge in [-0.2, -0.15) is 4.31 Å². The number of hydrogen-bond acceptors (Lipinski definition) is 5. The second-order valence-electron chi connectivity index (χ2n) is 8.04. The first-order chi connectivity index (χ1) is 15.2. The van der Waals surface area contributed by atoms with Crippen molar-refractivity contribution in [2.24, 2.45) is 5.73 Å². The Morgan fingerprint density at radius 3 is 2.38 bits per heavy atom. The van der Waals surface area contributed by atoms with Crippen LogP contribution in [-0.4, -0.2) is 44.2 Å². The lowest BCUT2D eigenvalue weighted by molar-refractivity contribution is -0.118. The lowest BCUT2D eigenvalue weighted by Gasteiger charge is -2.30. The van der Waals surface area contributed by atoms with Crippen LogP contribution >= 0.6 is 0 Å². The number of ether oxygens (including phenoxy) is 1. The average Bonchev–Trinajstić information content (AvgIpc) is 2.78. The summed E-state index contributed by atoms with van der Waals surface area (Å²) >= 11 is 0. The smallest absolute Gasteiger partial charge is 0.262 e. The molecule has 0 spiro atoms. The minimum Gasteiger partial charge on any atom is -0.483 e. The summed E-state index contributed by atoms with van der Waals surface area (Å²) in [5.41, 5.74) is 6.84. The van der Waals surface area contributed by atoms with Crippen LogP contribution in [0.3, 0.4) is 0 Å². The number of sulfonamides is 1. The molecular formula is C23H29N3O5S. The van der Waals surface area contributed by atoms with Crippen molar-refractivity contribution in [1.29, 1.82) is 0 Å². The molecule has 1 aliphatic rings. The van der Waals surface area contributed by atoms with Crippen LogP contribution in [0.4, 0.5) is 5.69 Å². The summed E-state index contributed by atoms with van der Waals surface area (Å²) in [4.78, 5) is 24.0. The highest BCUT2D eigenvalue weighted by atomic mass is 32.2. The van der Waals surface area contributed by atoms with Crippen molar-refractivity contribution in [3.63, 3.8) is 0 Å². The van der Waals surface area contributed by atoms with Gasteiger partial charge in [0, 0.05) is 18.8 Å². The molecule has 8 nitrogen and oxygen atoms in total. The third-order valence-electron chi connectivity index (χ3n) is 5.67. The SMILES string of the molecule is Cc1ccc(C(N)=O)c(OCC(=O)Nc2ccc(S(=O)(=O)N(C)C3CCCCC3)cc2)c1. The molecule has 0 atom stereocenters. The van der Waals surface area contributed by atoms with Gasteiger partial charge in [0.1, 0.15) is 5.75 Å². The van der Waals surface area contributed by atoms with Gasteiger partial charge in [0.25, 0.3) is 11.8 Å². The Kier molecular flexibility index (Phi) is 7.52. The van der Waals surface area contributed by atoms with Crippen LogP contribution in [0.5, 0.6) is 5.75 Å². The topological polar surface area (TPSA) is 119 Å². The summed E-state index contributed by atoms with van der Waals surface area (Å²) in [5.74, 6) is -0.855. The van der Waals surface area contributed by atoms with Gasteiger partial charge in [-0.15, -0.1) is 0 Å². The Morgan fingerprint density at radius 2 is 1.75 bits per heavy atom. The van der Waals surface area contributed by atoms with E-state index in [0.29, 0.717) is 5.69 Å². The molecule has 172 valence electrons. The minimum atomic E-state index is -3.59. The molecular weight excluding hydrogens is 430 g/mol. The van der Waals surface area contributed by atoms with Gasteiger partial charge in [-0.05, 0) is 61.7 Å². The van der Waals surface area contributed by atoms with E-state index in [4.69, 9.17) is 10.5 Å². The standard InChI is InChI=1S/C23H29N3O5S/c1-16-8-13-20(23(24)28)21(14-16)31-15-22(27)25-17-9-11-19(12-10-17)32(29,30)26(2)18-6-4-3-5-7-18/h8-14,18H,3-7,15H2,1-2H3,(H2,24,28)(H,25,27). The number of rotatable bonds is 8. The summed E-state index contributed by atoms with van der Waals surface area (Å²) in [6.07, 6.45) is 4.99. The van der Waals surface area contributed by atoms with Gasteiger partial charge >= 0.3 is 0 Å². The molecule has 3 rings (SSSR count). The fourth-order valence-electron chi connectivity index (χ4n) is 3.81. The number of benzene rings is 2. The highest BCUT2D eigenvalue weighted by Gasteiger charge is 2.29. The molecule has 0 radical (unpaired) electrons. The van der Waals surface area contributed by atoms with E-state index in [1.54, 1.807) is 37.4 Å². The van der Waals surface area contributed by atoms with Gasteiger partial charge in [-0.3, -0.25) is 9.59 Å². The molecule has 3 N–H and O–H groups in total. The zero-order chi connectivity index (χ0) is 23.3. The van der Waals surface area contributed by atoms with E-state index >= 15 is 0 Å². The zero-order valence-electron chi connectivity index (χ0n) is 18.3. The lowest BCUT2D eigenvalue weighted by atomic mass is 9.96. The highest BCUT2D eigenvalue weighted by Crippen LogP contribution is 2.27. The largest absolute Gasteiger partial charge is 0.483 e. The number of nitrogens with zero attached hydrogens (tertiary/aromatic N) is 1. The van der Waals surface area contributed by atoms with Crippen LogP contribution < -0.4 is 15.8 Å². The Balaban J connectivity index is 1.61. The first-order valence-corrected chi connectivity index (χ1v) is 12.0. The molecule has 0 saturated heterocycles. The molecule has 32 heavy (non-hydrogen) atoms. The molecule has 9 heteroatoms. The summed E-state index contributed by atoms with van der Waals surface area (Å²) in [6.45, 7) is 1.51. The molecule has 2 aromatic carbocycles. The molecule has 2 aromatic rings. The van der Waals surface area contributed by atoms with Crippen LogP contribution in [0.1, 0.15) is 48.0 Å². The van der Waals surface area contributed by atoms with Gasteiger partial charge in [0.05, 0.1) is 10.5 Å². The molecule has 1 fully saturated rings. The maximum absolute atomic E-state index is 12.9. The number of carbonyl (C=O) groups excluding carboxylic acids is 2. The molecule has 0 bridgehead atoms. The van der Waals surface area contributed by atoms with E-state index in [0.717, 1.165) is 37.7 Å². The van der Waals surface area contributed by atoms with Gasteiger partial charge in [0.2, 0.25) is 10.0 Å². The lowest BCUT2D eigenvalue weighted by Crippen LogP contribution is -2.38. The number of hydrogen-bond donors (Lipinski definition) is 2. The van der Waals surface area contributed by atoms with Crippen molar-refractivity contribution in [3.8, 4) is 5.75 Å². The summed E-state index contributed by atoms with van der Waals surface area (Å²) in [6, 6.07) is 11.0. The van der Waals surface area contributed by atoms with E-state index in [1.165, 1.54) is 16.4 Å². The second-order valence-corrected chi connectivity index (χ2v) is 10.0. The number of primary amides is 1. The third kappa shape index (κ3) is 5.66. The molecule has 0 aromatic heterocycles. The van der Waals surface area contributed by atoms with Gasteiger partial charge < -0.3 is 15.8 Å². The third-order valence-corrected chi connectivity index (χ3v) is 7.59. The number of aryl methyl sites for hydroxylation is 1. The fraction of sp³-hybridized carbons (Fsp3) is 0.391. The van der Waals surface area contributed by atoms with E-state index in [2.05, 4.69) is 5.32 Å². The summed E-state index contributed by atoms with van der Waals surface area (Å²) < 4.78 is 32.8. The fourth-order valence-corrected chi connectivity index (χ4v) is 5.23. The maximum Gasteiger partial charge on any atom is 0.262 e. The zero-order valence-corrected chi connectivity index (χ0v) is 19.2. The molecule has 0 aliphatic heterocycles. The number of nitrogens with one attached hydrogen (secondary N) is 1.